The number of hydrogen-bond acceptors (Lipinski definition) is 2. The lowest BCUT2D eigenvalue weighted by Gasteiger charge is -2.17. The molecule has 4 heteroatoms. The Hall–Kier alpha value is -0.280. The monoisotopic (exact) mass is 274 g/mol. The summed E-state index contributed by atoms with van der Waals surface area (Å²) in [5, 5.41) is 4.95. The minimum Gasteiger partial charge on any atom is -0.310 e. The van der Waals surface area contributed by atoms with Crippen LogP contribution in [0.25, 0.3) is 0 Å². The van der Waals surface area contributed by atoms with E-state index in [1.807, 2.05) is 18.2 Å². The summed E-state index contributed by atoms with van der Waals surface area (Å²) in [6, 6.07) is 5.81. The zero-order valence-electron chi connectivity index (χ0n) is 10.6. The Morgan fingerprint density at radius 2 is 2.00 bits per heavy atom. The van der Waals surface area contributed by atoms with Crippen LogP contribution in [-0.4, -0.2) is 32.1 Å². The van der Waals surface area contributed by atoms with E-state index in [0.29, 0.717) is 0 Å². The molecule has 0 aliphatic rings. The Kier molecular flexibility index (Phi) is 6.28. The lowest BCUT2D eigenvalue weighted by molar-refractivity contribution is 0.389. The van der Waals surface area contributed by atoms with Crippen LogP contribution in [0.5, 0.6) is 0 Å². The van der Waals surface area contributed by atoms with Crippen LogP contribution >= 0.6 is 23.2 Å². The van der Waals surface area contributed by atoms with Gasteiger partial charge in [0.05, 0.1) is 0 Å². The van der Waals surface area contributed by atoms with Crippen LogP contribution in [0, 0.1) is 0 Å². The minimum atomic E-state index is 0.225. The molecule has 0 spiro atoms. The van der Waals surface area contributed by atoms with Gasteiger partial charge in [0.25, 0.3) is 0 Å². The fourth-order valence-corrected chi connectivity index (χ4v) is 2.13. The summed E-state index contributed by atoms with van der Waals surface area (Å²) in [5.41, 5.74) is 1.06. The first-order valence-electron chi connectivity index (χ1n) is 5.83. The van der Waals surface area contributed by atoms with Gasteiger partial charge in [0, 0.05) is 16.1 Å². The second-order valence-electron chi connectivity index (χ2n) is 4.50. The van der Waals surface area contributed by atoms with Gasteiger partial charge in [-0.05, 0) is 64.3 Å². The van der Waals surface area contributed by atoms with Crippen molar-refractivity contribution in [1.29, 1.82) is 0 Å². The lowest BCUT2D eigenvalue weighted by Crippen LogP contribution is -2.24. The third kappa shape index (κ3) is 5.26. The molecule has 0 bridgehead atoms. The summed E-state index contributed by atoms with van der Waals surface area (Å²) in [6.45, 7) is 4.17. The zero-order valence-corrected chi connectivity index (χ0v) is 12.1. The maximum atomic E-state index is 6.15. The zero-order chi connectivity index (χ0) is 12.8. The summed E-state index contributed by atoms with van der Waals surface area (Å²) in [7, 11) is 4.16. The maximum absolute atomic E-state index is 6.15. The molecule has 1 aromatic rings. The summed E-state index contributed by atoms with van der Waals surface area (Å²) in [5.74, 6) is 0. The van der Waals surface area contributed by atoms with Crippen molar-refractivity contribution in [2.75, 3.05) is 27.2 Å². The molecule has 0 aliphatic heterocycles. The normalized spacial score (nSPS) is 13.1. The van der Waals surface area contributed by atoms with Crippen LogP contribution < -0.4 is 5.32 Å². The lowest BCUT2D eigenvalue weighted by atomic mass is 10.1. The van der Waals surface area contributed by atoms with Gasteiger partial charge in [-0.2, -0.15) is 0 Å². The summed E-state index contributed by atoms with van der Waals surface area (Å²) in [4.78, 5) is 2.18. The van der Waals surface area contributed by atoms with E-state index in [9.17, 15) is 0 Å². The van der Waals surface area contributed by atoms with Gasteiger partial charge in [0.15, 0.2) is 0 Å². The van der Waals surface area contributed by atoms with Crippen molar-refractivity contribution < 1.29 is 0 Å². The molecule has 0 amide bonds. The van der Waals surface area contributed by atoms with E-state index in [-0.39, 0.29) is 6.04 Å². The summed E-state index contributed by atoms with van der Waals surface area (Å²) < 4.78 is 0. The molecule has 0 saturated carbocycles. The first-order valence-corrected chi connectivity index (χ1v) is 6.59. The number of halogens is 2. The van der Waals surface area contributed by atoms with E-state index in [2.05, 4.69) is 31.2 Å². The predicted molar refractivity (Wildman–Crippen MR) is 76.1 cm³/mol. The first kappa shape index (κ1) is 14.8. The van der Waals surface area contributed by atoms with Crippen LogP contribution in [-0.2, 0) is 0 Å². The Bertz CT molecular complexity index is 353. The quantitative estimate of drug-likeness (QED) is 0.798. The molecule has 0 aromatic heterocycles. The van der Waals surface area contributed by atoms with Crippen molar-refractivity contribution >= 4 is 23.2 Å². The number of rotatable bonds is 6. The number of hydrogen-bond donors (Lipinski definition) is 1. The maximum Gasteiger partial charge on any atom is 0.0454 e. The van der Waals surface area contributed by atoms with Gasteiger partial charge in [-0.25, -0.2) is 0 Å². The van der Waals surface area contributed by atoms with Crippen molar-refractivity contribution in [2.24, 2.45) is 0 Å². The molecule has 0 heterocycles. The van der Waals surface area contributed by atoms with Crippen LogP contribution in [0.4, 0.5) is 0 Å². The molecule has 0 fully saturated rings. The second-order valence-corrected chi connectivity index (χ2v) is 5.34. The number of benzene rings is 1. The molecule has 1 rings (SSSR count). The van der Waals surface area contributed by atoms with E-state index in [1.165, 1.54) is 0 Å². The highest BCUT2D eigenvalue weighted by molar-refractivity contribution is 6.33. The highest BCUT2D eigenvalue weighted by atomic mass is 35.5. The molecule has 1 unspecified atom stereocenters. The minimum absolute atomic E-state index is 0.225. The van der Waals surface area contributed by atoms with Gasteiger partial charge in [-0.3, -0.25) is 0 Å². The van der Waals surface area contributed by atoms with Crippen LogP contribution in [0.1, 0.15) is 24.9 Å². The average Bonchev–Trinajstić information content (AvgIpc) is 2.27. The van der Waals surface area contributed by atoms with Gasteiger partial charge in [-0.15, -0.1) is 0 Å². The average molecular weight is 275 g/mol. The van der Waals surface area contributed by atoms with Gasteiger partial charge < -0.3 is 10.2 Å². The van der Waals surface area contributed by atoms with Crippen LogP contribution in [0.2, 0.25) is 10.0 Å². The topological polar surface area (TPSA) is 15.3 Å². The van der Waals surface area contributed by atoms with Gasteiger partial charge in [0.2, 0.25) is 0 Å². The fourth-order valence-electron chi connectivity index (χ4n) is 1.67. The van der Waals surface area contributed by atoms with E-state index in [1.54, 1.807) is 0 Å². The van der Waals surface area contributed by atoms with E-state index in [4.69, 9.17) is 23.2 Å². The SMILES string of the molecule is CC(NCCCN(C)C)c1cc(Cl)ccc1Cl. The largest absolute Gasteiger partial charge is 0.310 e. The van der Waals surface area contributed by atoms with Gasteiger partial charge >= 0.3 is 0 Å². The standard InChI is InChI=1S/C13H20Cl2N2/c1-10(16-7-4-8-17(2)3)12-9-11(14)5-6-13(12)15/h5-6,9-10,16H,4,7-8H2,1-3H3. The third-order valence-corrected chi connectivity index (χ3v) is 3.24. The van der Waals surface area contributed by atoms with E-state index in [0.717, 1.165) is 35.1 Å². The van der Waals surface area contributed by atoms with Crippen molar-refractivity contribution in [2.45, 2.75) is 19.4 Å². The molecule has 0 radical (unpaired) electrons. The Morgan fingerprint density at radius 3 is 2.65 bits per heavy atom. The second kappa shape index (κ2) is 7.22. The van der Waals surface area contributed by atoms with Crippen molar-refractivity contribution in [1.82, 2.24) is 10.2 Å². The molecular weight excluding hydrogens is 255 g/mol. The van der Waals surface area contributed by atoms with Gasteiger partial charge in [0.1, 0.15) is 0 Å². The summed E-state index contributed by atoms with van der Waals surface area (Å²) >= 11 is 12.1. The first-order chi connectivity index (χ1) is 8.00. The third-order valence-electron chi connectivity index (χ3n) is 2.66. The molecule has 96 valence electrons. The molecule has 0 aliphatic carbocycles. The smallest absolute Gasteiger partial charge is 0.0454 e. The van der Waals surface area contributed by atoms with Crippen LogP contribution in [0.3, 0.4) is 0 Å². The van der Waals surface area contributed by atoms with Crippen molar-refractivity contribution in [3.63, 3.8) is 0 Å². The number of nitrogens with one attached hydrogen (secondary N) is 1. The molecule has 1 aromatic carbocycles. The Balaban J connectivity index is 2.46. The van der Waals surface area contributed by atoms with Crippen molar-refractivity contribution in [3.05, 3.63) is 33.8 Å². The van der Waals surface area contributed by atoms with Crippen molar-refractivity contribution in [3.8, 4) is 0 Å². The highest BCUT2D eigenvalue weighted by Gasteiger charge is 2.09. The molecule has 2 nitrogen and oxygen atoms in total. The predicted octanol–water partition coefficient (Wildman–Crippen LogP) is 3.60. The summed E-state index contributed by atoms with van der Waals surface area (Å²) in [6.07, 6.45) is 1.12. The van der Waals surface area contributed by atoms with Crippen LogP contribution in [0.15, 0.2) is 18.2 Å². The van der Waals surface area contributed by atoms with Gasteiger partial charge in [-0.1, -0.05) is 23.2 Å². The molecule has 0 saturated heterocycles. The molecule has 1 N–H and O–H groups in total. The highest BCUT2D eigenvalue weighted by Crippen LogP contribution is 2.25. The molecule has 1 atom stereocenters. The fraction of sp³-hybridized carbons (Fsp3) is 0.538. The van der Waals surface area contributed by atoms with E-state index < -0.39 is 0 Å². The van der Waals surface area contributed by atoms with E-state index >= 15 is 0 Å². The Morgan fingerprint density at radius 1 is 1.29 bits per heavy atom. The molecule has 17 heavy (non-hydrogen) atoms. The molecular formula is C13H20Cl2N2. The number of nitrogens with zero attached hydrogens (tertiary/aromatic N) is 1. The Labute approximate surface area is 114 Å².